The van der Waals surface area contributed by atoms with Gasteiger partial charge in [-0.15, -0.1) is 11.8 Å². The van der Waals surface area contributed by atoms with Crippen LogP contribution in [0, 0.1) is 0 Å². The summed E-state index contributed by atoms with van der Waals surface area (Å²) in [5.74, 6) is 1.65. The lowest BCUT2D eigenvalue weighted by atomic mass is 10.2. The number of ether oxygens (including phenoxy) is 1. The minimum atomic E-state index is 0.627. The summed E-state index contributed by atoms with van der Waals surface area (Å²) in [7, 11) is 1.65. The van der Waals surface area contributed by atoms with Crippen molar-refractivity contribution in [3.05, 3.63) is 53.1 Å². The van der Waals surface area contributed by atoms with Gasteiger partial charge in [-0.2, -0.15) is 0 Å². The highest BCUT2D eigenvalue weighted by Gasteiger charge is 2.03. The van der Waals surface area contributed by atoms with Crippen molar-refractivity contribution in [2.24, 2.45) is 0 Å². The highest BCUT2D eigenvalue weighted by molar-refractivity contribution is 7.98. The number of anilines is 1. The van der Waals surface area contributed by atoms with Crippen molar-refractivity contribution in [1.82, 2.24) is 0 Å². The van der Waals surface area contributed by atoms with Crippen LogP contribution in [0.25, 0.3) is 0 Å². The predicted molar refractivity (Wildman–Crippen MR) is 79.4 cm³/mol. The summed E-state index contributed by atoms with van der Waals surface area (Å²) in [6, 6.07) is 13.2. The number of rotatable bonds is 5. The van der Waals surface area contributed by atoms with Gasteiger partial charge in [-0.3, -0.25) is 10.7 Å². The molecule has 2 N–H and O–H groups in total. The lowest BCUT2D eigenvalue weighted by Crippen LogP contribution is -1.89. The topological polar surface area (TPSA) is 41.5 Å². The van der Waals surface area contributed by atoms with Crippen LogP contribution in [0.3, 0.4) is 0 Å². The fraction of sp³-hybridized carbons (Fsp3) is 0.143. The minimum absolute atomic E-state index is 0.627. The molecule has 2 aromatic carbocycles. The zero-order valence-electron chi connectivity index (χ0n) is 10.4. The van der Waals surface area contributed by atoms with Crippen molar-refractivity contribution in [2.45, 2.75) is 10.6 Å². The second-order valence-electron chi connectivity index (χ2n) is 3.89. The standard InChI is InChI=1S/C14H14ClNO2S/c1-18-12-5-2-10(3-6-12)9-19-14-8-11(16-17)4-7-13(14)15/h2-8,16-17H,9H2,1H3. The summed E-state index contributed by atoms with van der Waals surface area (Å²) in [4.78, 5) is 0.927. The van der Waals surface area contributed by atoms with Gasteiger partial charge in [0.15, 0.2) is 0 Å². The van der Waals surface area contributed by atoms with Gasteiger partial charge in [-0.05, 0) is 35.9 Å². The van der Waals surface area contributed by atoms with E-state index in [1.54, 1.807) is 31.0 Å². The smallest absolute Gasteiger partial charge is 0.118 e. The Morgan fingerprint density at radius 1 is 1.21 bits per heavy atom. The third-order valence-electron chi connectivity index (χ3n) is 2.61. The number of halogens is 1. The van der Waals surface area contributed by atoms with Gasteiger partial charge in [0.05, 0.1) is 17.8 Å². The first-order valence-electron chi connectivity index (χ1n) is 5.68. The first-order valence-corrected chi connectivity index (χ1v) is 7.04. The number of hydrogen-bond acceptors (Lipinski definition) is 4. The SMILES string of the molecule is COc1ccc(CSc2cc(NO)ccc2Cl)cc1. The van der Waals surface area contributed by atoms with Gasteiger partial charge in [0.2, 0.25) is 0 Å². The zero-order valence-corrected chi connectivity index (χ0v) is 12.0. The van der Waals surface area contributed by atoms with Crippen LogP contribution >= 0.6 is 23.4 Å². The summed E-state index contributed by atoms with van der Waals surface area (Å²) in [5, 5.41) is 9.56. The lowest BCUT2D eigenvalue weighted by Gasteiger charge is -2.07. The van der Waals surface area contributed by atoms with E-state index in [4.69, 9.17) is 21.5 Å². The van der Waals surface area contributed by atoms with E-state index < -0.39 is 0 Å². The minimum Gasteiger partial charge on any atom is -0.497 e. The second kappa shape index (κ2) is 6.70. The zero-order chi connectivity index (χ0) is 13.7. The van der Waals surface area contributed by atoms with E-state index in [-0.39, 0.29) is 0 Å². The average Bonchev–Trinajstić information content (AvgIpc) is 2.47. The fourth-order valence-corrected chi connectivity index (χ4v) is 2.78. The molecule has 0 radical (unpaired) electrons. The van der Waals surface area contributed by atoms with E-state index in [2.05, 4.69) is 5.48 Å². The Hall–Kier alpha value is -1.36. The molecule has 0 unspecified atom stereocenters. The third kappa shape index (κ3) is 3.80. The van der Waals surface area contributed by atoms with E-state index in [1.807, 2.05) is 30.3 Å². The Bertz CT molecular complexity index is 546. The van der Waals surface area contributed by atoms with Crippen molar-refractivity contribution in [2.75, 3.05) is 12.6 Å². The van der Waals surface area contributed by atoms with Crippen molar-refractivity contribution in [1.29, 1.82) is 0 Å². The predicted octanol–water partition coefficient (Wildman–Crippen LogP) is 4.44. The number of nitrogens with one attached hydrogen (secondary N) is 1. The fourth-order valence-electron chi connectivity index (χ4n) is 1.57. The number of benzene rings is 2. The molecule has 0 aromatic heterocycles. The van der Waals surface area contributed by atoms with Crippen LogP contribution in [0.15, 0.2) is 47.4 Å². The molecular formula is C14H14ClNO2S. The maximum Gasteiger partial charge on any atom is 0.118 e. The molecule has 100 valence electrons. The van der Waals surface area contributed by atoms with E-state index >= 15 is 0 Å². The van der Waals surface area contributed by atoms with Crippen LogP contribution in [-0.2, 0) is 5.75 Å². The molecule has 0 amide bonds. The van der Waals surface area contributed by atoms with Gasteiger partial charge >= 0.3 is 0 Å². The normalized spacial score (nSPS) is 10.3. The van der Waals surface area contributed by atoms with Gasteiger partial charge in [-0.25, -0.2) is 0 Å². The molecule has 2 rings (SSSR count). The van der Waals surface area contributed by atoms with Gasteiger partial charge < -0.3 is 4.74 Å². The van der Waals surface area contributed by atoms with Gasteiger partial charge in [-0.1, -0.05) is 23.7 Å². The highest BCUT2D eigenvalue weighted by atomic mass is 35.5. The largest absolute Gasteiger partial charge is 0.497 e. The van der Waals surface area contributed by atoms with Crippen LogP contribution in [0.4, 0.5) is 5.69 Å². The first-order chi connectivity index (χ1) is 9.22. The monoisotopic (exact) mass is 295 g/mol. The number of thioether (sulfide) groups is 1. The van der Waals surface area contributed by atoms with E-state index in [0.29, 0.717) is 10.7 Å². The molecule has 0 aliphatic heterocycles. The number of methoxy groups -OCH3 is 1. The molecule has 0 fully saturated rings. The lowest BCUT2D eigenvalue weighted by molar-refractivity contribution is 0.389. The van der Waals surface area contributed by atoms with Crippen LogP contribution < -0.4 is 10.2 Å². The Morgan fingerprint density at radius 3 is 2.58 bits per heavy atom. The van der Waals surface area contributed by atoms with E-state index in [9.17, 15) is 0 Å². The molecule has 0 bridgehead atoms. The highest BCUT2D eigenvalue weighted by Crippen LogP contribution is 2.32. The Balaban J connectivity index is 2.05. The summed E-state index contributed by atoms with van der Waals surface area (Å²) < 4.78 is 5.12. The Morgan fingerprint density at radius 2 is 1.95 bits per heavy atom. The first kappa shape index (κ1) is 14.1. The van der Waals surface area contributed by atoms with Crippen molar-refractivity contribution < 1.29 is 9.94 Å². The molecule has 0 aliphatic carbocycles. The van der Waals surface area contributed by atoms with Crippen LogP contribution in [0.2, 0.25) is 5.02 Å². The van der Waals surface area contributed by atoms with Crippen molar-refractivity contribution >= 4 is 29.1 Å². The number of hydrogen-bond donors (Lipinski definition) is 2. The van der Waals surface area contributed by atoms with Gasteiger partial charge in [0.25, 0.3) is 0 Å². The van der Waals surface area contributed by atoms with Gasteiger partial charge in [0.1, 0.15) is 5.75 Å². The van der Waals surface area contributed by atoms with E-state index in [0.717, 1.165) is 16.4 Å². The molecular weight excluding hydrogens is 282 g/mol. The summed E-state index contributed by atoms with van der Waals surface area (Å²) in [5.41, 5.74) is 3.93. The van der Waals surface area contributed by atoms with Crippen LogP contribution in [0.1, 0.15) is 5.56 Å². The second-order valence-corrected chi connectivity index (χ2v) is 5.32. The maximum absolute atomic E-state index is 8.88. The Kier molecular flexibility index (Phi) is 4.96. The van der Waals surface area contributed by atoms with Crippen LogP contribution in [-0.4, -0.2) is 12.3 Å². The molecule has 3 nitrogen and oxygen atoms in total. The average molecular weight is 296 g/mol. The van der Waals surface area contributed by atoms with Crippen molar-refractivity contribution in [3.8, 4) is 5.75 Å². The Labute approximate surface area is 121 Å². The maximum atomic E-state index is 8.88. The van der Waals surface area contributed by atoms with Crippen molar-refractivity contribution in [3.63, 3.8) is 0 Å². The molecule has 0 saturated heterocycles. The van der Waals surface area contributed by atoms with Gasteiger partial charge in [0, 0.05) is 10.6 Å². The summed E-state index contributed by atoms with van der Waals surface area (Å²) >= 11 is 7.74. The molecule has 0 aliphatic rings. The molecule has 19 heavy (non-hydrogen) atoms. The molecule has 0 saturated carbocycles. The third-order valence-corrected chi connectivity index (χ3v) is 4.18. The molecule has 5 heteroatoms. The molecule has 0 spiro atoms. The van der Waals surface area contributed by atoms with E-state index in [1.165, 1.54) is 5.56 Å². The quantitative estimate of drug-likeness (QED) is 0.632. The summed E-state index contributed by atoms with van der Waals surface area (Å²) in [6.45, 7) is 0. The molecule has 0 atom stereocenters. The van der Waals surface area contributed by atoms with Crippen LogP contribution in [0.5, 0.6) is 5.75 Å². The molecule has 0 heterocycles. The molecule has 2 aromatic rings. The summed E-state index contributed by atoms with van der Waals surface area (Å²) in [6.07, 6.45) is 0.